The van der Waals surface area contributed by atoms with Crippen LogP contribution in [0.3, 0.4) is 0 Å². The lowest BCUT2D eigenvalue weighted by molar-refractivity contribution is 0.502. The molecule has 1 atom stereocenters. The van der Waals surface area contributed by atoms with Gasteiger partial charge >= 0.3 is 0 Å². The summed E-state index contributed by atoms with van der Waals surface area (Å²) in [6.45, 7) is 0. The van der Waals surface area contributed by atoms with Crippen molar-refractivity contribution in [3.63, 3.8) is 0 Å². The van der Waals surface area contributed by atoms with Crippen molar-refractivity contribution in [1.29, 1.82) is 0 Å². The predicted molar refractivity (Wildman–Crippen MR) is 79.3 cm³/mol. The number of benzene rings is 2. The monoisotopic (exact) mass is 374 g/mol. The Hall–Kier alpha value is -1.05. The van der Waals surface area contributed by atoms with Crippen LogP contribution in [-0.2, 0) is 6.42 Å². The Kier molecular flexibility index (Phi) is 4.84. The third-order valence-electron chi connectivity index (χ3n) is 2.89. The van der Waals surface area contributed by atoms with Gasteiger partial charge in [-0.15, -0.1) is 0 Å². The van der Waals surface area contributed by atoms with Gasteiger partial charge in [-0.05, 0) is 52.8 Å². The number of hydrogen-bond acceptors (Lipinski definition) is 2. The summed E-state index contributed by atoms with van der Waals surface area (Å²) in [5.74, 6) is 4.30. The molecule has 0 heterocycles. The second kappa shape index (κ2) is 6.40. The third-order valence-corrected chi connectivity index (χ3v) is 3.61. The number of hydrazine groups is 1. The molecule has 0 bridgehead atoms. The molecule has 2 aromatic carbocycles. The van der Waals surface area contributed by atoms with Crippen molar-refractivity contribution in [1.82, 2.24) is 5.43 Å². The Bertz CT molecular complexity index is 558. The highest BCUT2D eigenvalue weighted by atomic mass is 127. The second-order valence-electron chi connectivity index (χ2n) is 4.22. The normalized spacial score (nSPS) is 12.4. The predicted octanol–water partition coefficient (Wildman–Crippen LogP) is 3.32. The Morgan fingerprint density at radius 3 is 2.37 bits per heavy atom. The van der Waals surface area contributed by atoms with Gasteiger partial charge in [0.05, 0.1) is 6.04 Å². The minimum Gasteiger partial charge on any atom is -0.271 e. The quantitative estimate of drug-likeness (QED) is 0.490. The zero-order chi connectivity index (χ0) is 13.8. The summed E-state index contributed by atoms with van der Waals surface area (Å²) in [5, 5.41) is 0. The molecular weight excluding hydrogens is 361 g/mol. The van der Waals surface area contributed by atoms with Crippen molar-refractivity contribution in [2.75, 3.05) is 0 Å². The van der Waals surface area contributed by atoms with Gasteiger partial charge in [-0.1, -0.05) is 18.2 Å². The summed E-state index contributed by atoms with van der Waals surface area (Å²) in [7, 11) is 0. The zero-order valence-corrected chi connectivity index (χ0v) is 12.2. The highest BCUT2D eigenvalue weighted by Gasteiger charge is 2.15. The van der Waals surface area contributed by atoms with Crippen LogP contribution >= 0.6 is 22.6 Å². The van der Waals surface area contributed by atoms with Crippen LogP contribution in [0.1, 0.15) is 17.2 Å². The molecule has 0 aliphatic rings. The number of nitrogens with one attached hydrogen (secondary N) is 1. The van der Waals surface area contributed by atoms with Crippen LogP contribution in [0.15, 0.2) is 42.5 Å². The van der Waals surface area contributed by atoms with E-state index >= 15 is 0 Å². The Balaban J connectivity index is 2.22. The molecule has 0 spiro atoms. The van der Waals surface area contributed by atoms with Gasteiger partial charge in [0, 0.05) is 15.2 Å². The van der Waals surface area contributed by atoms with Crippen molar-refractivity contribution in [2.45, 2.75) is 12.5 Å². The van der Waals surface area contributed by atoms with Gasteiger partial charge in [0.25, 0.3) is 0 Å². The zero-order valence-electron chi connectivity index (χ0n) is 10.0. The molecule has 0 aromatic heterocycles. The Morgan fingerprint density at radius 2 is 1.79 bits per heavy atom. The summed E-state index contributed by atoms with van der Waals surface area (Å²) in [4.78, 5) is 0. The topological polar surface area (TPSA) is 38.0 Å². The second-order valence-corrected chi connectivity index (χ2v) is 5.46. The Labute approximate surface area is 124 Å². The largest absolute Gasteiger partial charge is 0.271 e. The molecule has 19 heavy (non-hydrogen) atoms. The van der Waals surface area contributed by atoms with Gasteiger partial charge in [0.1, 0.15) is 11.6 Å². The first-order chi connectivity index (χ1) is 9.10. The van der Waals surface area contributed by atoms with Crippen molar-refractivity contribution >= 4 is 22.6 Å². The molecule has 3 N–H and O–H groups in total. The Morgan fingerprint density at radius 1 is 1.11 bits per heavy atom. The van der Waals surface area contributed by atoms with E-state index in [0.29, 0.717) is 12.0 Å². The van der Waals surface area contributed by atoms with Crippen LogP contribution in [0.25, 0.3) is 0 Å². The molecule has 0 amide bonds. The lowest BCUT2D eigenvalue weighted by atomic mass is 9.99. The van der Waals surface area contributed by atoms with Crippen molar-refractivity contribution < 1.29 is 8.78 Å². The van der Waals surface area contributed by atoms with Crippen LogP contribution < -0.4 is 11.3 Å². The first-order valence-corrected chi connectivity index (χ1v) is 6.83. The summed E-state index contributed by atoms with van der Waals surface area (Å²) < 4.78 is 27.7. The molecule has 100 valence electrons. The highest BCUT2D eigenvalue weighted by molar-refractivity contribution is 14.1. The molecular formula is C14H13F2IN2. The minimum atomic E-state index is -0.591. The number of rotatable bonds is 4. The lowest BCUT2D eigenvalue weighted by Gasteiger charge is -2.17. The van der Waals surface area contributed by atoms with E-state index in [1.165, 1.54) is 12.1 Å². The van der Waals surface area contributed by atoms with Crippen LogP contribution in [0.5, 0.6) is 0 Å². The van der Waals surface area contributed by atoms with E-state index in [1.54, 1.807) is 0 Å². The summed E-state index contributed by atoms with van der Waals surface area (Å²) in [6, 6.07) is 11.0. The van der Waals surface area contributed by atoms with Crippen LogP contribution in [0.2, 0.25) is 0 Å². The number of halogens is 3. The molecule has 5 heteroatoms. The van der Waals surface area contributed by atoms with Gasteiger partial charge < -0.3 is 0 Å². The molecule has 0 aliphatic carbocycles. The lowest BCUT2D eigenvalue weighted by Crippen LogP contribution is -2.30. The highest BCUT2D eigenvalue weighted by Crippen LogP contribution is 2.22. The summed E-state index contributed by atoms with van der Waals surface area (Å²) >= 11 is 2.22. The smallest absolute Gasteiger partial charge is 0.130 e. The van der Waals surface area contributed by atoms with E-state index < -0.39 is 11.6 Å². The van der Waals surface area contributed by atoms with Crippen molar-refractivity contribution in [2.24, 2.45) is 5.84 Å². The molecule has 0 saturated carbocycles. The van der Waals surface area contributed by atoms with Gasteiger partial charge in [-0.3, -0.25) is 11.3 Å². The maximum atomic E-state index is 13.7. The first kappa shape index (κ1) is 14.4. The van der Waals surface area contributed by atoms with E-state index in [4.69, 9.17) is 5.84 Å². The number of hydrogen-bond donors (Lipinski definition) is 2. The van der Waals surface area contributed by atoms with Crippen molar-refractivity contribution in [3.8, 4) is 0 Å². The fourth-order valence-electron chi connectivity index (χ4n) is 1.90. The minimum absolute atomic E-state index is 0.363. The molecule has 2 nitrogen and oxygen atoms in total. The average molecular weight is 374 g/mol. The molecule has 0 aliphatic heterocycles. The van der Waals surface area contributed by atoms with E-state index in [9.17, 15) is 8.78 Å². The molecule has 2 rings (SSSR count). The number of nitrogens with two attached hydrogens (primary N) is 1. The van der Waals surface area contributed by atoms with Crippen LogP contribution in [0.4, 0.5) is 8.78 Å². The van der Waals surface area contributed by atoms with E-state index in [0.717, 1.165) is 15.2 Å². The average Bonchev–Trinajstić information content (AvgIpc) is 2.39. The first-order valence-electron chi connectivity index (χ1n) is 5.75. The van der Waals surface area contributed by atoms with Gasteiger partial charge in [-0.2, -0.15) is 0 Å². The van der Waals surface area contributed by atoms with Gasteiger partial charge in [-0.25, -0.2) is 8.78 Å². The van der Waals surface area contributed by atoms with E-state index in [1.807, 2.05) is 24.3 Å². The molecule has 0 saturated heterocycles. The van der Waals surface area contributed by atoms with E-state index in [2.05, 4.69) is 28.0 Å². The fraction of sp³-hybridized carbons (Fsp3) is 0.143. The maximum absolute atomic E-state index is 13.7. The molecule has 2 aromatic rings. The third kappa shape index (κ3) is 3.71. The summed E-state index contributed by atoms with van der Waals surface area (Å²) in [5.41, 5.74) is 3.98. The standard InChI is InChI=1S/C14H13F2IN2/c15-10-3-6-12(13(16)8-10)14(19-18)7-9-1-4-11(17)5-2-9/h1-6,8,14,19H,7,18H2. The SMILES string of the molecule is NNC(Cc1ccc(I)cc1)c1ccc(F)cc1F. The van der Waals surface area contributed by atoms with Crippen LogP contribution in [-0.4, -0.2) is 0 Å². The molecule has 0 fully saturated rings. The van der Waals surface area contributed by atoms with Gasteiger partial charge in [0.2, 0.25) is 0 Å². The molecule has 0 radical (unpaired) electrons. The van der Waals surface area contributed by atoms with Crippen LogP contribution in [0, 0.1) is 15.2 Å². The maximum Gasteiger partial charge on any atom is 0.130 e. The summed E-state index contributed by atoms with van der Waals surface area (Å²) in [6.07, 6.45) is 0.538. The van der Waals surface area contributed by atoms with E-state index in [-0.39, 0.29) is 6.04 Å². The molecule has 1 unspecified atom stereocenters. The van der Waals surface area contributed by atoms with Gasteiger partial charge in [0.15, 0.2) is 0 Å². The fourth-order valence-corrected chi connectivity index (χ4v) is 2.26. The van der Waals surface area contributed by atoms with Crippen molar-refractivity contribution in [3.05, 3.63) is 68.8 Å².